The highest BCUT2D eigenvalue weighted by Crippen LogP contribution is 2.29. The van der Waals surface area contributed by atoms with Crippen LogP contribution in [0, 0.1) is 0 Å². The Morgan fingerprint density at radius 3 is 2.81 bits per heavy atom. The van der Waals surface area contributed by atoms with Gasteiger partial charge in [0.1, 0.15) is 0 Å². The Kier molecular flexibility index (Phi) is 3.10. The molecule has 0 aliphatic heterocycles. The number of rotatable bonds is 2. The van der Waals surface area contributed by atoms with Gasteiger partial charge in [0, 0.05) is 23.4 Å². The van der Waals surface area contributed by atoms with E-state index in [-0.39, 0.29) is 0 Å². The predicted molar refractivity (Wildman–Crippen MR) is 70.3 cm³/mol. The van der Waals surface area contributed by atoms with Gasteiger partial charge in [-0.15, -0.1) is 0 Å². The quantitative estimate of drug-likeness (QED) is 0.688. The van der Waals surface area contributed by atoms with Crippen molar-refractivity contribution in [3.8, 4) is 0 Å². The van der Waals surface area contributed by atoms with Crippen LogP contribution >= 0.6 is 0 Å². The Labute approximate surface area is 95.4 Å². The third-order valence-electron chi connectivity index (χ3n) is 2.38. The van der Waals surface area contributed by atoms with Crippen molar-refractivity contribution >= 4 is 28.9 Å². The average Bonchev–Trinajstić information content (AvgIpc) is 2.32. The van der Waals surface area contributed by atoms with Gasteiger partial charge in [-0.05, 0) is 19.9 Å². The molecule has 0 fully saturated rings. The molecular weight excluding hydrogens is 196 g/mol. The van der Waals surface area contributed by atoms with E-state index < -0.39 is 0 Å². The minimum atomic E-state index is 0.943. The van der Waals surface area contributed by atoms with E-state index in [0.717, 1.165) is 22.2 Å². The van der Waals surface area contributed by atoms with Crippen molar-refractivity contribution in [2.45, 2.75) is 13.8 Å². The minimum absolute atomic E-state index is 0.943. The number of benzene rings is 1. The lowest BCUT2D eigenvalue weighted by molar-refractivity contribution is 1.39. The molecule has 0 bridgehead atoms. The largest absolute Gasteiger partial charge is 0.259 e. The maximum atomic E-state index is 4.41. The number of hydrogen-bond donors (Lipinski definition) is 0. The summed E-state index contributed by atoms with van der Waals surface area (Å²) in [6.45, 7) is 3.92. The fourth-order valence-corrected chi connectivity index (χ4v) is 1.72. The summed E-state index contributed by atoms with van der Waals surface area (Å²) in [6, 6.07) is 8.15. The van der Waals surface area contributed by atoms with E-state index in [2.05, 4.69) is 34.3 Å². The highest BCUT2D eigenvalue weighted by molar-refractivity contribution is 5.94. The normalized spacial score (nSPS) is 11.9. The van der Waals surface area contributed by atoms with E-state index in [1.807, 2.05) is 26.0 Å². The molecule has 2 aromatic rings. The molecule has 2 rings (SSSR count). The van der Waals surface area contributed by atoms with Crippen LogP contribution in [-0.4, -0.2) is 11.2 Å². The van der Waals surface area contributed by atoms with Gasteiger partial charge < -0.3 is 0 Å². The van der Waals surface area contributed by atoms with Crippen LogP contribution in [0.5, 0.6) is 0 Å². The van der Waals surface area contributed by atoms with Gasteiger partial charge in [-0.1, -0.05) is 30.4 Å². The zero-order valence-electron chi connectivity index (χ0n) is 9.51. The van der Waals surface area contributed by atoms with Gasteiger partial charge in [0.15, 0.2) is 0 Å². The van der Waals surface area contributed by atoms with Gasteiger partial charge in [-0.2, -0.15) is 0 Å². The van der Waals surface area contributed by atoms with Crippen LogP contribution in [0.1, 0.15) is 19.4 Å². The monoisotopic (exact) mass is 210 g/mol. The number of fused-ring (bicyclic) bond motifs is 1. The molecule has 0 saturated heterocycles. The molecule has 0 aliphatic carbocycles. The summed E-state index contributed by atoms with van der Waals surface area (Å²) >= 11 is 0. The molecule has 0 spiro atoms. The van der Waals surface area contributed by atoms with Crippen molar-refractivity contribution in [3.63, 3.8) is 0 Å². The van der Waals surface area contributed by atoms with Crippen LogP contribution < -0.4 is 0 Å². The molecule has 0 saturated carbocycles. The first-order valence-corrected chi connectivity index (χ1v) is 5.36. The van der Waals surface area contributed by atoms with E-state index in [1.54, 1.807) is 12.4 Å². The van der Waals surface area contributed by atoms with Crippen molar-refractivity contribution in [3.05, 3.63) is 42.1 Å². The second-order valence-electron chi connectivity index (χ2n) is 3.47. The van der Waals surface area contributed by atoms with E-state index >= 15 is 0 Å². The fourth-order valence-electron chi connectivity index (χ4n) is 1.72. The molecule has 1 heterocycles. The smallest absolute Gasteiger partial charge is 0.0964 e. The summed E-state index contributed by atoms with van der Waals surface area (Å²) in [5.74, 6) is 0. The van der Waals surface area contributed by atoms with Gasteiger partial charge in [-0.25, -0.2) is 0 Å². The highest BCUT2D eigenvalue weighted by atomic mass is 14.8. The maximum Gasteiger partial charge on any atom is 0.0964 e. The molecule has 0 atom stereocenters. The molecule has 0 aliphatic rings. The maximum absolute atomic E-state index is 4.41. The number of nitrogens with zero attached hydrogens (tertiary/aromatic N) is 2. The van der Waals surface area contributed by atoms with Crippen LogP contribution in [-0.2, 0) is 0 Å². The summed E-state index contributed by atoms with van der Waals surface area (Å²) in [6.07, 6.45) is 7.67. The summed E-state index contributed by atoms with van der Waals surface area (Å²) in [5, 5.41) is 1.12. The Hall–Kier alpha value is -1.96. The Morgan fingerprint density at radius 1 is 1.19 bits per heavy atom. The highest BCUT2D eigenvalue weighted by Gasteiger charge is 2.04. The van der Waals surface area contributed by atoms with Crippen molar-refractivity contribution in [2.24, 2.45) is 4.99 Å². The van der Waals surface area contributed by atoms with E-state index in [1.165, 1.54) is 0 Å². The second-order valence-corrected chi connectivity index (χ2v) is 3.47. The molecule has 16 heavy (non-hydrogen) atoms. The standard InChI is InChI=1S/C14H14N2/c1-3-6-11-8-9-12-7-5-10-16-14(12)13(11)15-4-2/h3-10H,1-2H3/b6-3-,15-4-. The molecular formula is C14H14N2. The van der Waals surface area contributed by atoms with Crippen molar-refractivity contribution in [1.82, 2.24) is 4.98 Å². The predicted octanol–water partition coefficient (Wildman–Crippen LogP) is 3.99. The van der Waals surface area contributed by atoms with E-state index in [0.29, 0.717) is 0 Å². The van der Waals surface area contributed by atoms with Gasteiger partial charge in [0.2, 0.25) is 0 Å². The Balaban J connectivity index is 2.78. The number of allylic oxidation sites excluding steroid dienone is 1. The third kappa shape index (κ3) is 1.87. The molecule has 0 radical (unpaired) electrons. The summed E-state index contributed by atoms with van der Waals surface area (Å²) in [7, 11) is 0. The number of hydrogen-bond acceptors (Lipinski definition) is 2. The fraction of sp³-hybridized carbons (Fsp3) is 0.143. The molecule has 1 aromatic carbocycles. The zero-order valence-corrected chi connectivity index (χ0v) is 9.51. The first-order chi connectivity index (χ1) is 7.86. The lowest BCUT2D eigenvalue weighted by Crippen LogP contribution is -1.82. The molecule has 0 amide bonds. The van der Waals surface area contributed by atoms with E-state index in [9.17, 15) is 0 Å². The molecule has 0 N–H and O–H groups in total. The Bertz CT molecular complexity index is 554. The summed E-state index contributed by atoms with van der Waals surface area (Å²) in [4.78, 5) is 8.81. The molecule has 0 unspecified atom stereocenters. The van der Waals surface area contributed by atoms with Crippen molar-refractivity contribution < 1.29 is 0 Å². The molecule has 2 heteroatoms. The molecule has 80 valence electrons. The van der Waals surface area contributed by atoms with Crippen molar-refractivity contribution in [1.29, 1.82) is 0 Å². The lowest BCUT2D eigenvalue weighted by Gasteiger charge is -2.04. The SMILES string of the molecule is C/C=C\c1ccc2cccnc2c1/N=C\C. The van der Waals surface area contributed by atoms with Gasteiger partial charge in [-0.3, -0.25) is 9.98 Å². The average molecular weight is 210 g/mol. The topological polar surface area (TPSA) is 25.2 Å². The van der Waals surface area contributed by atoms with Crippen LogP contribution in [0.3, 0.4) is 0 Å². The lowest BCUT2D eigenvalue weighted by atomic mass is 10.1. The first kappa shape index (κ1) is 10.6. The van der Waals surface area contributed by atoms with Crippen LogP contribution in [0.2, 0.25) is 0 Å². The third-order valence-corrected chi connectivity index (χ3v) is 2.38. The van der Waals surface area contributed by atoms with Crippen LogP contribution in [0.4, 0.5) is 5.69 Å². The summed E-state index contributed by atoms with van der Waals surface area (Å²) in [5.41, 5.74) is 3.00. The number of aliphatic imine (C=N–C) groups is 1. The summed E-state index contributed by atoms with van der Waals surface area (Å²) < 4.78 is 0. The molecule has 1 aromatic heterocycles. The van der Waals surface area contributed by atoms with Gasteiger partial charge in [0.05, 0.1) is 11.2 Å². The Morgan fingerprint density at radius 2 is 2.06 bits per heavy atom. The van der Waals surface area contributed by atoms with E-state index in [4.69, 9.17) is 0 Å². The van der Waals surface area contributed by atoms with Crippen LogP contribution in [0.15, 0.2) is 41.5 Å². The number of pyridine rings is 1. The van der Waals surface area contributed by atoms with Gasteiger partial charge in [0.25, 0.3) is 0 Å². The first-order valence-electron chi connectivity index (χ1n) is 5.36. The molecule has 2 nitrogen and oxygen atoms in total. The zero-order chi connectivity index (χ0) is 11.4. The second kappa shape index (κ2) is 4.71. The van der Waals surface area contributed by atoms with Crippen molar-refractivity contribution in [2.75, 3.05) is 0 Å². The van der Waals surface area contributed by atoms with Crippen LogP contribution in [0.25, 0.3) is 17.0 Å². The van der Waals surface area contributed by atoms with Gasteiger partial charge >= 0.3 is 0 Å². The minimum Gasteiger partial charge on any atom is -0.259 e. The number of aromatic nitrogens is 1.